The molecular weight excluding hydrogens is 238 g/mol. The topological polar surface area (TPSA) is 80.6 Å². The summed E-state index contributed by atoms with van der Waals surface area (Å²) in [5, 5.41) is 12.1. The van der Waals surface area contributed by atoms with Gasteiger partial charge in [-0.25, -0.2) is 9.67 Å². The molecule has 19 heavy (non-hydrogen) atoms. The zero-order valence-corrected chi connectivity index (χ0v) is 11.0. The van der Waals surface area contributed by atoms with Crippen LogP contribution >= 0.6 is 0 Å². The predicted octanol–water partition coefficient (Wildman–Crippen LogP) is 1.74. The predicted molar refractivity (Wildman–Crippen MR) is 73.8 cm³/mol. The van der Waals surface area contributed by atoms with Gasteiger partial charge in [-0.15, -0.1) is 0 Å². The van der Waals surface area contributed by atoms with E-state index in [0.717, 1.165) is 24.2 Å². The average molecular weight is 255 g/mol. The van der Waals surface area contributed by atoms with Crippen molar-refractivity contribution in [3.63, 3.8) is 0 Å². The van der Waals surface area contributed by atoms with Crippen LogP contribution in [0.3, 0.4) is 0 Å². The van der Waals surface area contributed by atoms with Crippen LogP contribution in [0.2, 0.25) is 0 Å². The molecule has 5 heteroatoms. The Balaban J connectivity index is 2.18. The number of nitrogens with zero attached hydrogens (tertiary/aromatic N) is 3. The van der Waals surface area contributed by atoms with Crippen LogP contribution in [0.25, 0.3) is 5.82 Å². The van der Waals surface area contributed by atoms with E-state index >= 15 is 0 Å². The van der Waals surface area contributed by atoms with Gasteiger partial charge in [-0.05, 0) is 50.3 Å². The van der Waals surface area contributed by atoms with Crippen molar-refractivity contribution in [3.8, 4) is 5.82 Å². The molecule has 0 spiro atoms. The molecule has 5 nitrogen and oxygen atoms in total. The molecule has 0 fully saturated rings. The maximum absolute atomic E-state index is 7.75. The Morgan fingerprint density at radius 3 is 2.84 bits per heavy atom. The first kappa shape index (κ1) is 11.9. The van der Waals surface area contributed by atoms with Crippen LogP contribution in [0.5, 0.6) is 0 Å². The first-order valence-electron chi connectivity index (χ1n) is 6.55. The van der Waals surface area contributed by atoms with E-state index in [-0.39, 0.29) is 5.84 Å². The monoisotopic (exact) mass is 255 g/mol. The molecule has 0 aromatic carbocycles. The molecular formula is C14H17N5. The van der Waals surface area contributed by atoms with Gasteiger partial charge in [0.15, 0.2) is 5.82 Å². The Morgan fingerprint density at radius 1 is 1.37 bits per heavy atom. The zero-order valence-electron chi connectivity index (χ0n) is 11.0. The van der Waals surface area contributed by atoms with E-state index in [0.29, 0.717) is 11.4 Å². The number of amidine groups is 1. The van der Waals surface area contributed by atoms with E-state index in [4.69, 9.17) is 16.1 Å². The number of pyridine rings is 1. The standard InChI is InChI=1S/C14H17N5/c1-9-6-7-19(18-9)14-11(13(15)16)8-10-4-2-3-5-12(10)17-14/h6-8H,2-5H2,1H3,(H3,15,16). The van der Waals surface area contributed by atoms with E-state index in [1.54, 1.807) is 4.68 Å². The summed E-state index contributed by atoms with van der Waals surface area (Å²) in [6, 6.07) is 3.93. The smallest absolute Gasteiger partial charge is 0.164 e. The van der Waals surface area contributed by atoms with E-state index in [1.165, 1.54) is 18.4 Å². The van der Waals surface area contributed by atoms with Crippen LogP contribution in [-0.4, -0.2) is 20.6 Å². The molecule has 2 aromatic heterocycles. The summed E-state index contributed by atoms with van der Waals surface area (Å²) in [6.07, 6.45) is 6.25. The lowest BCUT2D eigenvalue weighted by Crippen LogP contribution is -2.19. The first-order valence-corrected chi connectivity index (χ1v) is 6.55. The Kier molecular flexibility index (Phi) is 2.81. The highest BCUT2D eigenvalue weighted by Gasteiger charge is 2.17. The van der Waals surface area contributed by atoms with Crippen LogP contribution in [-0.2, 0) is 12.8 Å². The molecule has 0 unspecified atom stereocenters. The molecule has 0 saturated heterocycles. The number of aromatic nitrogens is 3. The number of fused-ring (bicyclic) bond motifs is 1. The van der Waals surface area contributed by atoms with Gasteiger partial charge in [0.2, 0.25) is 0 Å². The fourth-order valence-electron chi connectivity index (χ4n) is 2.53. The van der Waals surface area contributed by atoms with Crippen molar-refractivity contribution in [1.29, 1.82) is 5.41 Å². The maximum Gasteiger partial charge on any atom is 0.164 e. The molecule has 3 rings (SSSR count). The Hall–Kier alpha value is -2.17. The van der Waals surface area contributed by atoms with Gasteiger partial charge in [0, 0.05) is 11.9 Å². The van der Waals surface area contributed by atoms with E-state index < -0.39 is 0 Å². The molecule has 98 valence electrons. The van der Waals surface area contributed by atoms with Crippen molar-refractivity contribution >= 4 is 5.84 Å². The summed E-state index contributed by atoms with van der Waals surface area (Å²) in [4.78, 5) is 4.70. The largest absolute Gasteiger partial charge is 0.384 e. The summed E-state index contributed by atoms with van der Waals surface area (Å²) in [6.45, 7) is 1.93. The second-order valence-corrected chi connectivity index (χ2v) is 4.99. The zero-order chi connectivity index (χ0) is 13.4. The number of nitrogens with one attached hydrogen (secondary N) is 1. The summed E-state index contributed by atoms with van der Waals surface area (Å²) >= 11 is 0. The molecule has 0 atom stereocenters. The van der Waals surface area contributed by atoms with Crippen molar-refractivity contribution in [2.24, 2.45) is 5.73 Å². The van der Waals surface area contributed by atoms with E-state index in [9.17, 15) is 0 Å². The van der Waals surface area contributed by atoms with Crippen LogP contribution in [0, 0.1) is 12.3 Å². The molecule has 2 aromatic rings. The molecule has 3 N–H and O–H groups in total. The van der Waals surface area contributed by atoms with Crippen molar-refractivity contribution in [3.05, 3.63) is 40.8 Å². The molecule has 0 amide bonds. The fraction of sp³-hybridized carbons (Fsp3) is 0.357. The van der Waals surface area contributed by atoms with Crippen LogP contribution in [0.15, 0.2) is 18.3 Å². The van der Waals surface area contributed by atoms with Crippen molar-refractivity contribution in [2.45, 2.75) is 32.6 Å². The van der Waals surface area contributed by atoms with Gasteiger partial charge in [-0.3, -0.25) is 5.41 Å². The van der Waals surface area contributed by atoms with Gasteiger partial charge in [0.25, 0.3) is 0 Å². The SMILES string of the molecule is Cc1ccn(-c2nc3c(cc2C(=N)N)CCCC3)n1. The Bertz CT molecular complexity index is 641. The highest BCUT2D eigenvalue weighted by atomic mass is 15.3. The average Bonchev–Trinajstić information content (AvgIpc) is 2.83. The molecule has 1 aliphatic carbocycles. The van der Waals surface area contributed by atoms with Crippen LogP contribution in [0.4, 0.5) is 0 Å². The van der Waals surface area contributed by atoms with E-state index in [2.05, 4.69) is 5.10 Å². The fourth-order valence-corrected chi connectivity index (χ4v) is 2.53. The summed E-state index contributed by atoms with van der Waals surface area (Å²) in [7, 11) is 0. The van der Waals surface area contributed by atoms with Crippen LogP contribution < -0.4 is 5.73 Å². The molecule has 1 aliphatic rings. The summed E-state index contributed by atoms with van der Waals surface area (Å²) in [5.74, 6) is 0.713. The third-order valence-corrected chi connectivity index (χ3v) is 3.51. The van der Waals surface area contributed by atoms with Crippen molar-refractivity contribution in [2.75, 3.05) is 0 Å². The number of aryl methyl sites for hydroxylation is 3. The lowest BCUT2D eigenvalue weighted by molar-refractivity contribution is 0.661. The molecule has 0 bridgehead atoms. The van der Waals surface area contributed by atoms with Crippen molar-refractivity contribution < 1.29 is 0 Å². The third kappa shape index (κ3) is 2.12. The van der Waals surface area contributed by atoms with Gasteiger partial charge >= 0.3 is 0 Å². The lowest BCUT2D eigenvalue weighted by Gasteiger charge is -2.18. The lowest BCUT2D eigenvalue weighted by atomic mass is 9.94. The number of rotatable bonds is 2. The maximum atomic E-state index is 7.75. The number of nitrogens with two attached hydrogens (primary N) is 1. The van der Waals surface area contributed by atoms with Gasteiger partial charge in [0.05, 0.1) is 11.3 Å². The highest BCUT2D eigenvalue weighted by molar-refractivity contribution is 5.98. The summed E-state index contributed by atoms with van der Waals surface area (Å²) < 4.78 is 1.71. The Morgan fingerprint density at radius 2 is 2.16 bits per heavy atom. The normalized spacial score (nSPS) is 14.2. The van der Waals surface area contributed by atoms with E-state index in [1.807, 2.05) is 25.3 Å². The molecule has 2 heterocycles. The van der Waals surface area contributed by atoms with Gasteiger partial charge in [0.1, 0.15) is 5.84 Å². The molecule has 0 aliphatic heterocycles. The summed E-state index contributed by atoms with van der Waals surface area (Å²) in [5.41, 5.74) is 9.64. The number of hydrogen-bond acceptors (Lipinski definition) is 3. The minimum atomic E-state index is 0.0454. The van der Waals surface area contributed by atoms with Crippen LogP contribution in [0.1, 0.15) is 35.4 Å². The minimum absolute atomic E-state index is 0.0454. The van der Waals surface area contributed by atoms with Gasteiger partial charge in [-0.1, -0.05) is 0 Å². The number of nitrogen functional groups attached to an aromatic ring is 1. The van der Waals surface area contributed by atoms with Crippen molar-refractivity contribution in [1.82, 2.24) is 14.8 Å². The van der Waals surface area contributed by atoms with Gasteiger partial charge in [-0.2, -0.15) is 5.10 Å². The number of hydrogen-bond donors (Lipinski definition) is 2. The van der Waals surface area contributed by atoms with Gasteiger partial charge < -0.3 is 5.73 Å². The second kappa shape index (κ2) is 4.50. The molecule has 0 radical (unpaired) electrons. The minimum Gasteiger partial charge on any atom is -0.384 e. The quantitative estimate of drug-likeness (QED) is 0.633. The Labute approximate surface area is 112 Å². The first-order chi connectivity index (χ1) is 9.15. The highest BCUT2D eigenvalue weighted by Crippen LogP contribution is 2.23. The second-order valence-electron chi connectivity index (χ2n) is 4.99. The molecule has 0 saturated carbocycles. The third-order valence-electron chi connectivity index (χ3n) is 3.51.